The van der Waals surface area contributed by atoms with Crippen LogP contribution in [-0.4, -0.2) is 21.5 Å². The summed E-state index contributed by atoms with van der Waals surface area (Å²) in [5.41, 5.74) is 3.39. The maximum atomic E-state index is 13.3. The Bertz CT molecular complexity index is 1210. The number of para-hydroxylation sites is 2. The second-order valence-electron chi connectivity index (χ2n) is 6.79. The van der Waals surface area contributed by atoms with Crippen molar-refractivity contribution in [1.82, 2.24) is 9.88 Å². The Morgan fingerprint density at radius 2 is 1.83 bits per heavy atom. The molecule has 3 aromatic rings. The van der Waals surface area contributed by atoms with Gasteiger partial charge in [0.1, 0.15) is 5.57 Å². The highest BCUT2D eigenvalue weighted by molar-refractivity contribution is 7.80. The Labute approximate surface area is 173 Å². The summed E-state index contributed by atoms with van der Waals surface area (Å²) in [5, 5.41) is 3.68. The van der Waals surface area contributed by atoms with Crippen LogP contribution in [0.25, 0.3) is 17.0 Å². The predicted molar refractivity (Wildman–Crippen MR) is 120 cm³/mol. The van der Waals surface area contributed by atoms with Crippen molar-refractivity contribution in [3.05, 3.63) is 84.1 Å². The molecule has 5 nitrogen and oxygen atoms in total. The normalized spacial score (nSPS) is 15.8. The minimum Gasteiger partial charge on any atom is -0.343 e. The van der Waals surface area contributed by atoms with E-state index in [0.29, 0.717) is 12.2 Å². The Kier molecular flexibility index (Phi) is 4.86. The third-order valence-electron chi connectivity index (χ3n) is 4.90. The summed E-state index contributed by atoms with van der Waals surface area (Å²) in [6.07, 6.45) is 5.36. The second kappa shape index (κ2) is 7.48. The van der Waals surface area contributed by atoms with Gasteiger partial charge < -0.3 is 4.57 Å². The molecule has 1 saturated heterocycles. The number of amides is 2. The van der Waals surface area contributed by atoms with E-state index in [0.717, 1.165) is 22.0 Å². The summed E-state index contributed by atoms with van der Waals surface area (Å²) in [7, 11) is 0. The number of thiocarbonyl (C=S) groups is 1. The van der Waals surface area contributed by atoms with Gasteiger partial charge in [-0.3, -0.25) is 19.8 Å². The number of rotatable bonds is 4. The van der Waals surface area contributed by atoms with Crippen LogP contribution < -0.4 is 10.2 Å². The highest BCUT2D eigenvalue weighted by Gasteiger charge is 2.35. The third kappa shape index (κ3) is 3.28. The van der Waals surface area contributed by atoms with Crippen LogP contribution in [0.1, 0.15) is 11.1 Å². The van der Waals surface area contributed by atoms with Crippen LogP contribution in [0.5, 0.6) is 0 Å². The molecule has 4 rings (SSSR count). The summed E-state index contributed by atoms with van der Waals surface area (Å²) in [5.74, 6) is -0.931. The highest BCUT2D eigenvalue weighted by atomic mass is 32.1. The van der Waals surface area contributed by atoms with Crippen LogP contribution in [0.15, 0.2) is 73.0 Å². The molecule has 1 aromatic heterocycles. The average molecular weight is 401 g/mol. The predicted octanol–water partition coefficient (Wildman–Crippen LogP) is 3.97. The average Bonchev–Trinajstić information content (AvgIpc) is 3.04. The van der Waals surface area contributed by atoms with Crippen LogP contribution in [-0.2, 0) is 16.1 Å². The van der Waals surface area contributed by atoms with E-state index < -0.39 is 11.8 Å². The quantitative estimate of drug-likeness (QED) is 0.312. The summed E-state index contributed by atoms with van der Waals surface area (Å²) >= 11 is 5.29. The molecule has 2 aromatic carbocycles. The van der Waals surface area contributed by atoms with E-state index >= 15 is 0 Å². The Balaban J connectivity index is 1.83. The third-order valence-corrected chi connectivity index (χ3v) is 5.19. The molecular formula is C23H19N3O2S. The van der Waals surface area contributed by atoms with Gasteiger partial charge >= 0.3 is 0 Å². The number of aryl methyl sites for hydroxylation is 1. The van der Waals surface area contributed by atoms with Gasteiger partial charge in [-0.05, 0) is 42.9 Å². The summed E-state index contributed by atoms with van der Waals surface area (Å²) in [4.78, 5) is 27.2. The van der Waals surface area contributed by atoms with Gasteiger partial charge in [0, 0.05) is 29.2 Å². The second-order valence-corrected chi connectivity index (χ2v) is 7.17. The molecule has 29 heavy (non-hydrogen) atoms. The van der Waals surface area contributed by atoms with Gasteiger partial charge in [0.25, 0.3) is 11.8 Å². The highest BCUT2D eigenvalue weighted by Crippen LogP contribution is 2.28. The molecular weight excluding hydrogens is 382 g/mol. The molecule has 6 heteroatoms. The SMILES string of the molecule is C=CCn1cc(/C=C2\C(=O)NC(=S)N(c3ccccc3C)C2=O)c2ccccc21. The number of aromatic nitrogens is 1. The van der Waals surface area contributed by atoms with Crippen LogP contribution in [0, 0.1) is 6.92 Å². The Morgan fingerprint density at radius 3 is 2.59 bits per heavy atom. The zero-order valence-electron chi connectivity index (χ0n) is 15.9. The Morgan fingerprint density at radius 1 is 1.10 bits per heavy atom. The summed E-state index contributed by atoms with van der Waals surface area (Å²) < 4.78 is 2.03. The monoisotopic (exact) mass is 401 g/mol. The Hall–Kier alpha value is -3.51. The number of carbonyl (C=O) groups excluding carboxylic acids is 2. The van der Waals surface area contributed by atoms with E-state index in [1.807, 2.05) is 66.2 Å². The smallest absolute Gasteiger partial charge is 0.270 e. The zero-order valence-corrected chi connectivity index (χ0v) is 16.7. The molecule has 2 heterocycles. The summed E-state index contributed by atoms with van der Waals surface area (Å²) in [6, 6.07) is 15.3. The van der Waals surface area contributed by atoms with Gasteiger partial charge in [0.2, 0.25) is 0 Å². The van der Waals surface area contributed by atoms with Gasteiger partial charge in [-0.2, -0.15) is 0 Å². The van der Waals surface area contributed by atoms with E-state index in [1.54, 1.807) is 12.2 Å². The standard InChI is InChI=1S/C23H19N3O2S/c1-3-12-25-14-16(17-9-5-7-11-20(17)25)13-18-21(27)24-23(29)26(22(18)28)19-10-6-4-8-15(19)2/h3-11,13-14H,1,12H2,2H3,(H,24,27,29)/b18-13+. The minimum absolute atomic E-state index is 0.0448. The number of hydrogen-bond acceptors (Lipinski definition) is 3. The first-order valence-electron chi connectivity index (χ1n) is 9.17. The largest absolute Gasteiger partial charge is 0.343 e. The lowest BCUT2D eigenvalue weighted by Crippen LogP contribution is -2.54. The molecule has 0 spiro atoms. The lowest BCUT2D eigenvalue weighted by molar-refractivity contribution is -0.122. The van der Waals surface area contributed by atoms with E-state index in [1.165, 1.54) is 4.90 Å². The molecule has 1 fully saturated rings. The van der Waals surface area contributed by atoms with Gasteiger partial charge in [-0.25, -0.2) is 0 Å². The van der Waals surface area contributed by atoms with Crippen molar-refractivity contribution in [2.75, 3.05) is 4.90 Å². The zero-order chi connectivity index (χ0) is 20.5. The molecule has 1 aliphatic rings. The van der Waals surface area contributed by atoms with Crippen molar-refractivity contribution in [3.8, 4) is 0 Å². The van der Waals surface area contributed by atoms with Crippen molar-refractivity contribution in [2.24, 2.45) is 0 Å². The lowest BCUT2D eigenvalue weighted by Gasteiger charge is -2.29. The molecule has 0 aliphatic carbocycles. The van der Waals surface area contributed by atoms with Crippen molar-refractivity contribution < 1.29 is 9.59 Å². The molecule has 1 aliphatic heterocycles. The molecule has 1 N–H and O–H groups in total. The molecule has 0 saturated carbocycles. The van der Waals surface area contributed by atoms with Crippen molar-refractivity contribution in [3.63, 3.8) is 0 Å². The number of nitrogens with zero attached hydrogens (tertiary/aromatic N) is 2. The van der Waals surface area contributed by atoms with E-state index in [2.05, 4.69) is 11.9 Å². The number of hydrogen-bond donors (Lipinski definition) is 1. The number of benzene rings is 2. The lowest BCUT2D eigenvalue weighted by atomic mass is 10.1. The fourth-order valence-electron chi connectivity index (χ4n) is 3.53. The van der Waals surface area contributed by atoms with Crippen molar-refractivity contribution in [1.29, 1.82) is 0 Å². The van der Waals surface area contributed by atoms with Crippen LogP contribution >= 0.6 is 12.2 Å². The van der Waals surface area contributed by atoms with E-state index in [9.17, 15) is 9.59 Å². The number of anilines is 1. The molecule has 0 unspecified atom stereocenters. The molecule has 0 atom stereocenters. The first-order chi connectivity index (χ1) is 14.0. The van der Waals surface area contributed by atoms with E-state index in [4.69, 9.17) is 12.2 Å². The minimum atomic E-state index is -0.495. The first-order valence-corrected chi connectivity index (χ1v) is 9.58. The van der Waals surface area contributed by atoms with Crippen LogP contribution in [0.2, 0.25) is 0 Å². The molecule has 0 bridgehead atoms. The van der Waals surface area contributed by atoms with E-state index in [-0.39, 0.29) is 10.7 Å². The first kappa shape index (κ1) is 18.8. The number of fused-ring (bicyclic) bond motifs is 1. The molecule has 2 amide bonds. The number of carbonyl (C=O) groups is 2. The maximum absolute atomic E-state index is 13.3. The van der Waals surface area contributed by atoms with Gasteiger partial charge in [0.05, 0.1) is 5.69 Å². The maximum Gasteiger partial charge on any atom is 0.270 e. The van der Waals surface area contributed by atoms with Crippen molar-refractivity contribution >= 4 is 51.8 Å². The summed E-state index contributed by atoms with van der Waals surface area (Å²) in [6.45, 7) is 6.32. The molecule has 144 valence electrons. The fourth-order valence-corrected chi connectivity index (χ4v) is 3.80. The fraction of sp³-hybridized carbons (Fsp3) is 0.0870. The van der Waals surface area contributed by atoms with Gasteiger partial charge in [-0.1, -0.05) is 42.5 Å². The van der Waals surface area contributed by atoms with Gasteiger partial charge in [0.15, 0.2) is 5.11 Å². The topological polar surface area (TPSA) is 54.3 Å². The number of nitrogens with one attached hydrogen (secondary N) is 1. The van der Waals surface area contributed by atoms with Crippen LogP contribution in [0.4, 0.5) is 5.69 Å². The molecule has 0 radical (unpaired) electrons. The van der Waals surface area contributed by atoms with Gasteiger partial charge in [-0.15, -0.1) is 6.58 Å². The van der Waals surface area contributed by atoms with Crippen molar-refractivity contribution in [2.45, 2.75) is 13.5 Å². The van der Waals surface area contributed by atoms with Crippen LogP contribution in [0.3, 0.4) is 0 Å². The number of allylic oxidation sites excluding steroid dienone is 1.